The number of hydrogen-bond donors (Lipinski definition) is 1. The fourth-order valence-corrected chi connectivity index (χ4v) is 2.79. The van der Waals surface area contributed by atoms with Gasteiger partial charge < -0.3 is 15.0 Å². The molecule has 0 aromatic heterocycles. The van der Waals surface area contributed by atoms with Crippen LogP contribution in [-0.4, -0.2) is 32.8 Å². The first-order chi connectivity index (χ1) is 10.3. The second-order valence-electron chi connectivity index (χ2n) is 5.96. The van der Waals surface area contributed by atoms with E-state index in [9.17, 15) is 0 Å². The molecule has 1 unspecified atom stereocenters. The number of nitrogens with one attached hydrogen (secondary N) is 1. The number of benzene rings is 1. The highest BCUT2D eigenvalue weighted by atomic mass is 16.5. The normalized spacial score (nSPS) is 16.8. The van der Waals surface area contributed by atoms with E-state index >= 15 is 0 Å². The largest absolute Gasteiger partial charge is 0.493 e. The molecule has 1 aliphatic rings. The lowest BCUT2D eigenvalue weighted by Gasteiger charge is -2.29. The van der Waals surface area contributed by atoms with Crippen molar-refractivity contribution < 1.29 is 4.74 Å². The fourth-order valence-electron chi connectivity index (χ4n) is 2.79. The van der Waals surface area contributed by atoms with Crippen molar-refractivity contribution in [3.8, 4) is 5.75 Å². The topological polar surface area (TPSA) is 24.5 Å². The first-order valence-corrected chi connectivity index (χ1v) is 8.52. The number of anilines is 1. The van der Waals surface area contributed by atoms with Crippen molar-refractivity contribution in [2.45, 2.75) is 39.5 Å². The Morgan fingerprint density at radius 3 is 2.48 bits per heavy atom. The predicted octanol–water partition coefficient (Wildman–Crippen LogP) is 3.69. The summed E-state index contributed by atoms with van der Waals surface area (Å²) in [5.74, 6) is 1.70. The number of hydrogen-bond acceptors (Lipinski definition) is 3. The van der Waals surface area contributed by atoms with Gasteiger partial charge in [-0.15, -0.1) is 0 Å². The van der Waals surface area contributed by atoms with Crippen molar-refractivity contribution in [3.63, 3.8) is 0 Å². The maximum Gasteiger partial charge on any atom is 0.119 e. The van der Waals surface area contributed by atoms with Gasteiger partial charge in [0, 0.05) is 31.9 Å². The van der Waals surface area contributed by atoms with Crippen LogP contribution >= 0.6 is 0 Å². The van der Waals surface area contributed by atoms with Gasteiger partial charge in [-0.2, -0.15) is 0 Å². The Labute approximate surface area is 129 Å². The second-order valence-corrected chi connectivity index (χ2v) is 5.96. The third-order valence-corrected chi connectivity index (χ3v) is 4.35. The lowest BCUT2D eigenvalue weighted by Crippen LogP contribution is -2.43. The zero-order valence-corrected chi connectivity index (χ0v) is 13.6. The molecule has 1 aromatic carbocycles. The van der Waals surface area contributed by atoms with Crippen LogP contribution in [0.1, 0.15) is 39.5 Å². The summed E-state index contributed by atoms with van der Waals surface area (Å²) < 4.78 is 5.97. The monoisotopic (exact) mass is 290 g/mol. The Hall–Kier alpha value is -1.22. The highest BCUT2D eigenvalue weighted by molar-refractivity contribution is 5.49. The number of unbranched alkanes of at least 4 members (excludes halogenated alkanes) is 1. The van der Waals surface area contributed by atoms with Gasteiger partial charge in [0.05, 0.1) is 6.61 Å². The minimum atomic E-state index is 0.692. The van der Waals surface area contributed by atoms with Gasteiger partial charge in [-0.3, -0.25) is 0 Å². The van der Waals surface area contributed by atoms with E-state index in [1.807, 2.05) is 0 Å². The Morgan fingerprint density at radius 1 is 1.14 bits per heavy atom. The van der Waals surface area contributed by atoms with Crippen LogP contribution in [0.4, 0.5) is 5.69 Å². The molecule has 0 amide bonds. The molecule has 0 spiro atoms. The standard InChI is InChI=1S/C18H30N2O/c1-3-5-6-16(4-2)15-21-18-9-7-17(8-10-18)20-13-11-19-12-14-20/h7-10,16,19H,3-6,11-15H2,1-2H3. The van der Waals surface area contributed by atoms with Crippen LogP contribution in [0.25, 0.3) is 0 Å². The summed E-state index contributed by atoms with van der Waals surface area (Å²) in [5, 5.41) is 3.39. The molecule has 0 radical (unpaired) electrons. The molecule has 1 atom stereocenters. The van der Waals surface area contributed by atoms with Gasteiger partial charge in [-0.05, 0) is 36.6 Å². The van der Waals surface area contributed by atoms with Crippen LogP contribution in [0.5, 0.6) is 5.75 Å². The highest BCUT2D eigenvalue weighted by Crippen LogP contribution is 2.21. The summed E-state index contributed by atoms with van der Waals surface area (Å²) in [6.45, 7) is 9.70. The minimum Gasteiger partial charge on any atom is -0.493 e. The summed E-state index contributed by atoms with van der Waals surface area (Å²) in [6, 6.07) is 8.61. The Kier molecular flexibility index (Phi) is 6.87. The summed E-state index contributed by atoms with van der Waals surface area (Å²) in [4.78, 5) is 2.43. The maximum absolute atomic E-state index is 5.97. The van der Waals surface area contributed by atoms with Crippen LogP contribution in [0.2, 0.25) is 0 Å². The molecule has 3 nitrogen and oxygen atoms in total. The van der Waals surface area contributed by atoms with Crippen LogP contribution in [0.15, 0.2) is 24.3 Å². The van der Waals surface area contributed by atoms with Crippen LogP contribution in [-0.2, 0) is 0 Å². The van der Waals surface area contributed by atoms with Crippen LogP contribution in [0, 0.1) is 5.92 Å². The van der Waals surface area contributed by atoms with Gasteiger partial charge in [0.1, 0.15) is 5.75 Å². The SMILES string of the molecule is CCCCC(CC)COc1ccc(N2CCNCC2)cc1. The first kappa shape index (κ1) is 16.2. The lowest BCUT2D eigenvalue weighted by molar-refractivity contribution is 0.233. The molecule has 118 valence electrons. The summed E-state index contributed by atoms with van der Waals surface area (Å²) >= 11 is 0. The van der Waals surface area contributed by atoms with Gasteiger partial charge in [-0.25, -0.2) is 0 Å². The van der Waals surface area contributed by atoms with Crippen molar-refractivity contribution in [3.05, 3.63) is 24.3 Å². The molecule has 0 saturated carbocycles. The molecular weight excluding hydrogens is 260 g/mol. The van der Waals surface area contributed by atoms with E-state index in [0.29, 0.717) is 5.92 Å². The maximum atomic E-state index is 5.97. The molecule has 21 heavy (non-hydrogen) atoms. The number of piperazine rings is 1. The van der Waals surface area contributed by atoms with Crippen molar-refractivity contribution in [1.82, 2.24) is 5.32 Å². The van der Waals surface area contributed by atoms with Crippen LogP contribution < -0.4 is 15.0 Å². The Morgan fingerprint density at radius 2 is 1.86 bits per heavy atom. The molecule has 1 N–H and O–H groups in total. The smallest absolute Gasteiger partial charge is 0.119 e. The summed E-state index contributed by atoms with van der Waals surface area (Å²) in [5.41, 5.74) is 1.31. The third-order valence-electron chi connectivity index (χ3n) is 4.35. The zero-order chi connectivity index (χ0) is 14.9. The molecular formula is C18H30N2O. The quantitative estimate of drug-likeness (QED) is 0.790. The van der Waals surface area contributed by atoms with E-state index in [0.717, 1.165) is 38.5 Å². The van der Waals surface area contributed by atoms with Gasteiger partial charge in [0.15, 0.2) is 0 Å². The van der Waals surface area contributed by atoms with Crippen molar-refractivity contribution in [2.75, 3.05) is 37.7 Å². The van der Waals surface area contributed by atoms with Gasteiger partial charge in [-0.1, -0.05) is 33.1 Å². The average Bonchev–Trinajstić information content (AvgIpc) is 2.56. The van der Waals surface area contributed by atoms with Crippen LogP contribution in [0.3, 0.4) is 0 Å². The van der Waals surface area contributed by atoms with E-state index in [4.69, 9.17) is 4.74 Å². The molecule has 0 aliphatic carbocycles. The van der Waals surface area contributed by atoms with Crippen molar-refractivity contribution >= 4 is 5.69 Å². The average molecular weight is 290 g/mol. The summed E-state index contributed by atoms with van der Waals surface area (Å²) in [7, 11) is 0. The van der Waals surface area contributed by atoms with E-state index in [1.165, 1.54) is 31.4 Å². The zero-order valence-electron chi connectivity index (χ0n) is 13.6. The molecule has 1 aliphatic heterocycles. The molecule has 3 heteroatoms. The molecule has 1 heterocycles. The fraction of sp³-hybridized carbons (Fsp3) is 0.667. The Bertz CT molecular complexity index is 385. The van der Waals surface area contributed by atoms with E-state index in [1.54, 1.807) is 0 Å². The molecule has 1 fully saturated rings. The van der Waals surface area contributed by atoms with Gasteiger partial charge in [0.25, 0.3) is 0 Å². The van der Waals surface area contributed by atoms with Crippen molar-refractivity contribution in [2.24, 2.45) is 5.92 Å². The molecule has 2 rings (SSSR count). The van der Waals surface area contributed by atoms with E-state index < -0.39 is 0 Å². The van der Waals surface area contributed by atoms with E-state index in [2.05, 4.69) is 48.3 Å². The number of rotatable bonds is 8. The lowest BCUT2D eigenvalue weighted by atomic mass is 10.0. The second kappa shape index (κ2) is 8.93. The van der Waals surface area contributed by atoms with Gasteiger partial charge >= 0.3 is 0 Å². The predicted molar refractivity (Wildman–Crippen MR) is 90.3 cm³/mol. The molecule has 1 saturated heterocycles. The Balaban J connectivity index is 1.81. The molecule has 1 aromatic rings. The summed E-state index contributed by atoms with van der Waals surface area (Å²) in [6.07, 6.45) is 5.07. The molecule has 0 bridgehead atoms. The highest BCUT2D eigenvalue weighted by Gasteiger charge is 2.11. The van der Waals surface area contributed by atoms with Gasteiger partial charge in [0.2, 0.25) is 0 Å². The van der Waals surface area contributed by atoms with E-state index in [-0.39, 0.29) is 0 Å². The number of ether oxygens (including phenoxy) is 1. The van der Waals surface area contributed by atoms with Crippen molar-refractivity contribution in [1.29, 1.82) is 0 Å². The number of nitrogens with zero attached hydrogens (tertiary/aromatic N) is 1. The minimum absolute atomic E-state index is 0.692. The third kappa shape index (κ3) is 5.24. The first-order valence-electron chi connectivity index (χ1n) is 8.52.